The summed E-state index contributed by atoms with van der Waals surface area (Å²) in [5.41, 5.74) is 2.40. The van der Waals surface area contributed by atoms with E-state index in [1.54, 1.807) is 23.1 Å². The summed E-state index contributed by atoms with van der Waals surface area (Å²) in [6.45, 7) is 6.74. The number of aryl methyl sites for hydroxylation is 1. The van der Waals surface area contributed by atoms with Crippen molar-refractivity contribution in [3.8, 4) is 0 Å². The fraction of sp³-hybridized carbons (Fsp3) is 0.391. The maximum Gasteiger partial charge on any atom is 0.242 e. The van der Waals surface area contributed by atoms with Crippen LogP contribution in [-0.2, 0) is 22.6 Å². The third-order valence-electron chi connectivity index (χ3n) is 4.71. The van der Waals surface area contributed by atoms with Crippen molar-refractivity contribution in [2.45, 2.75) is 52.6 Å². The Bertz CT molecular complexity index is 789. The van der Waals surface area contributed by atoms with Gasteiger partial charge >= 0.3 is 0 Å². The highest BCUT2D eigenvalue weighted by Crippen LogP contribution is 2.16. The number of hydrogen-bond donors (Lipinski definition) is 1. The lowest BCUT2D eigenvalue weighted by atomic mass is 10.1. The minimum Gasteiger partial charge on any atom is -0.354 e. The van der Waals surface area contributed by atoms with E-state index in [-0.39, 0.29) is 18.2 Å². The summed E-state index contributed by atoms with van der Waals surface area (Å²) in [6.07, 6.45) is 1.24. The van der Waals surface area contributed by atoms with Gasteiger partial charge in [0, 0.05) is 13.1 Å². The molecule has 0 heterocycles. The van der Waals surface area contributed by atoms with Crippen LogP contribution in [0.5, 0.6) is 0 Å². The molecule has 2 amide bonds. The van der Waals surface area contributed by atoms with Crippen LogP contribution in [0, 0.1) is 12.7 Å². The first kappa shape index (κ1) is 21.6. The maximum absolute atomic E-state index is 14.0. The highest BCUT2D eigenvalue weighted by atomic mass is 19.1. The van der Waals surface area contributed by atoms with Gasteiger partial charge in [-0.15, -0.1) is 0 Å². The third kappa shape index (κ3) is 5.91. The molecule has 2 aromatic carbocycles. The van der Waals surface area contributed by atoms with Crippen molar-refractivity contribution >= 4 is 11.8 Å². The molecule has 0 radical (unpaired) electrons. The van der Waals surface area contributed by atoms with E-state index < -0.39 is 11.9 Å². The summed E-state index contributed by atoms with van der Waals surface area (Å²) < 4.78 is 14.0. The first-order chi connectivity index (χ1) is 13.5. The van der Waals surface area contributed by atoms with E-state index in [1.807, 2.05) is 45.0 Å². The molecule has 0 saturated carbocycles. The van der Waals surface area contributed by atoms with Crippen molar-refractivity contribution in [2.75, 3.05) is 6.54 Å². The molecule has 0 aliphatic carbocycles. The Morgan fingerprint density at radius 3 is 2.36 bits per heavy atom. The van der Waals surface area contributed by atoms with Gasteiger partial charge in [-0.2, -0.15) is 0 Å². The zero-order valence-electron chi connectivity index (χ0n) is 16.9. The SMILES string of the molecule is CCCNC(=O)[C@@H](CC)N(Cc1ccc(C)cc1)C(=O)Cc1ccccc1F. The van der Waals surface area contributed by atoms with Gasteiger partial charge in [-0.3, -0.25) is 9.59 Å². The Morgan fingerprint density at radius 1 is 1.07 bits per heavy atom. The molecule has 1 N–H and O–H groups in total. The van der Waals surface area contributed by atoms with Crippen LogP contribution in [0.25, 0.3) is 0 Å². The molecule has 0 saturated heterocycles. The topological polar surface area (TPSA) is 49.4 Å². The Labute approximate surface area is 166 Å². The summed E-state index contributed by atoms with van der Waals surface area (Å²) in [7, 11) is 0. The van der Waals surface area contributed by atoms with E-state index in [0.717, 1.165) is 17.5 Å². The van der Waals surface area contributed by atoms with Crippen molar-refractivity contribution < 1.29 is 14.0 Å². The van der Waals surface area contributed by atoms with Crippen LogP contribution in [-0.4, -0.2) is 29.3 Å². The monoisotopic (exact) mass is 384 g/mol. The molecule has 0 spiro atoms. The van der Waals surface area contributed by atoms with Gasteiger partial charge in [-0.05, 0) is 37.0 Å². The molecule has 28 heavy (non-hydrogen) atoms. The van der Waals surface area contributed by atoms with E-state index in [0.29, 0.717) is 25.1 Å². The zero-order valence-corrected chi connectivity index (χ0v) is 16.9. The first-order valence-corrected chi connectivity index (χ1v) is 9.82. The Morgan fingerprint density at radius 2 is 1.75 bits per heavy atom. The number of benzene rings is 2. The molecule has 2 rings (SSSR count). The average Bonchev–Trinajstić information content (AvgIpc) is 2.69. The highest BCUT2D eigenvalue weighted by molar-refractivity contribution is 5.88. The second-order valence-electron chi connectivity index (χ2n) is 6.99. The fourth-order valence-electron chi connectivity index (χ4n) is 3.08. The van der Waals surface area contributed by atoms with Gasteiger partial charge in [0.05, 0.1) is 6.42 Å². The van der Waals surface area contributed by atoms with Crippen LogP contribution in [0.2, 0.25) is 0 Å². The molecule has 0 fully saturated rings. The van der Waals surface area contributed by atoms with Crippen molar-refractivity contribution in [3.63, 3.8) is 0 Å². The fourth-order valence-corrected chi connectivity index (χ4v) is 3.08. The number of nitrogens with zero attached hydrogens (tertiary/aromatic N) is 1. The predicted molar refractivity (Wildman–Crippen MR) is 109 cm³/mol. The Balaban J connectivity index is 2.27. The average molecular weight is 384 g/mol. The summed E-state index contributed by atoms with van der Waals surface area (Å²) >= 11 is 0. The number of carbonyl (C=O) groups excluding carboxylic acids is 2. The van der Waals surface area contributed by atoms with E-state index in [2.05, 4.69) is 5.32 Å². The van der Waals surface area contributed by atoms with Crippen molar-refractivity contribution in [2.24, 2.45) is 0 Å². The highest BCUT2D eigenvalue weighted by Gasteiger charge is 2.28. The normalized spacial score (nSPS) is 11.7. The van der Waals surface area contributed by atoms with E-state index >= 15 is 0 Å². The number of nitrogens with one attached hydrogen (secondary N) is 1. The smallest absolute Gasteiger partial charge is 0.242 e. The molecule has 5 heteroatoms. The van der Waals surface area contributed by atoms with Crippen molar-refractivity contribution in [3.05, 3.63) is 71.0 Å². The second kappa shape index (κ2) is 10.6. The van der Waals surface area contributed by atoms with Crippen LogP contribution >= 0.6 is 0 Å². The maximum atomic E-state index is 14.0. The zero-order chi connectivity index (χ0) is 20.5. The van der Waals surface area contributed by atoms with Crippen LogP contribution in [0.15, 0.2) is 48.5 Å². The molecule has 4 nitrogen and oxygen atoms in total. The van der Waals surface area contributed by atoms with E-state index in [4.69, 9.17) is 0 Å². The van der Waals surface area contributed by atoms with Gasteiger partial charge in [0.25, 0.3) is 0 Å². The number of amides is 2. The lowest BCUT2D eigenvalue weighted by Crippen LogP contribution is -2.49. The minimum atomic E-state index is -0.591. The number of rotatable bonds is 9. The molecular formula is C23H29FN2O2. The lowest BCUT2D eigenvalue weighted by molar-refractivity contribution is -0.141. The molecule has 0 aliphatic heterocycles. The summed E-state index contributed by atoms with van der Waals surface area (Å²) in [6, 6.07) is 13.5. The van der Waals surface area contributed by atoms with Gasteiger partial charge in [0.1, 0.15) is 11.9 Å². The van der Waals surface area contributed by atoms with Crippen LogP contribution in [0.4, 0.5) is 4.39 Å². The number of carbonyl (C=O) groups is 2. The second-order valence-corrected chi connectivity index (χ2v) is 6.99. The van der Waals surface area contributed by atoms with E-state index in [1.165, 1.54) is 6.07 Å². The number of hydrogen-bond acceptors (Lipinski definition) is 2. The van der Waals surface area contributed by atoms with Gasteiger partial charge in [-0.1, -0.05) is 61.9 Å². The minimum absolute atomic E-state index is 0.0733. The van der Waals surface area contributed by atoms with Gasteiger partial charge in [-0.25, -0.2) is 4.39 Å². The third-order valence-corrected chi connectivity index (χ3v) is 4.71. The molecule has 1 atom stereocenters. The lowest BCUT2D eigenvalue weighted by Gasteiger charge is -2.31. The summed E-state index contributed by atoms with van der Waals surface area (Å²) in [4.78, 5) is 27.3. The summed E-state index contributed by atoms with van der Waals surface area (Å²) in [5, 5.41) is 2.88. The Kier molecular flexibility index (Phi) is 8.18. The van der Waals surface area contributed by atoms with Gasteiger partial charge < -0.3 is 10.2 Å². The van der Waals surface area contributed by atoms with Crippen LogP contribution in [0.3, 0.4) is 0 Å². The van der Waals surface area contributed by atoms with Crippen LogP contribution < -0.4 is 5.32 Å². The van der Waals surface area contributed by atoms with E-state index in [9.17, 15) is 14.0 Å². The van der Waals surface area contributed by atoms with Gasteiger partial charge in [0.2, 0.25) is 11.8 Å². The quantitative estimate of drug-likeness (QED) is 0.710. The van der Waals surface area contributed by atoms with Crippen molar-refractivity contribution in [1.82, 2.24) is 10.2 Å². The van der Waals surface area contributed by atoms with Crippen LogP contribution in [0.1, 0.15) is 43.4 Å². The van der Waals surface area contributed by atoms with Crippen molar-refractivity contribution in [1.29, 1.82) is 0 Å². The number of halogens is 1. The predicted octanol–water partition coefficient (Wildman–Crippen LogP) is 4.01. The first-order valence-electron chi connectivity index (χ1n) is 9.82. The Hall–Kier alpha value is -2.69. The molecule has 0 unspecified atom stereocenters. The summed E-state index contributed by atoms with van der Waals surface area (Å²) in [5.74, 6) is -0.836. The molecule has 0 bridgehead atoms. The molecule has 2 aromatic rings. The standard InChI is InChI=1S/C23H29FN2O2/c1-4-14-25-23(28)21(5-2)26(16-18-12-10-17(3)11-13-18)22(27)15-19-8-6-7-9-20(19)24/h6-13,21H,4-5,14-16H2,1-3H3,(H,25,28)/t21-/m1/s1. The molecule has 0 aromatic heterocycles. The van der Waals surface area contributed by atoms with Gasteiger partial charge in [0.15, 0.2) is 0 Å². The molecular weight excluding hydrogens is 355 g/mol. The molecule has 150 valence electrons. The largest absolute Gasteiger partial charge is 0.354 e. The molecule has 0 aliphatic rings.